The van der Waals surface area contributed by atoms with Crippen molar-refractivity contribution in [3.8, 4) is 0 Å². The molecule has 0 aliphatic carbocycles. The molecule has 0 spiro atoms. The fraction of sp³-hybridized carbons (Fsp3) is 0.667. The zero-order chi connectivity index (χ0) is 22.4. The highest BCUT2D eigenvalue weighted by Gasteiger charge is 2.29. The lowest BCUT2D eigenvalue weighted by Gasteiger charge is -2.37. The second-order valence-electron chi connectivity index (χ2n) is 8.42. The Bertz CT molecular complexity index is 819. The van der Waals surface area contributed by atoms with E-state index in [1.165, 1.54) is 10.4 Å². The number of aliphatic imine (C=N–C) groups is 1. The number of nitrogens with zero attached hydrogens (tertiary/aromatic N) is 3. The van der Waals surface area contributed by atoms with Gasteiger partial charge in [0.15, 0.2) is 5.96 Å². The van der Waals surface area contributed by atoms with Crippen molar-refractivity contribution in [2.45, 2.75) is 39.2 Å². The molecular formula is C21H35FN4O3S. The lowest BCUT2D eigenvalue weighted by Crippen LogP contribution is -2.55. The van der Waals surface area contributed by atoms with Crippen LogP contribution in [0.25, 0.3) is 0 Å². The monoisotopic (exact) mass is 442 g/mol. The Hall–Kier alpha value is -1.71. The molecule has 2 rings (SSSR count). The van der Waals surface area contributed by atoms with Crippen molar-refractivity contribution in [1.29, 1.82) is 0 Å². The summed E-state index contributed by atoms with van der Waals surface area (Å²) in [7, 11) is -1.61. The van der Waals surface area contributed by atoms with Crippen LogP contribution in [0.15, 0.2) is 29.3 Å². The Morgan fingerprint density at radius 3 is 2.50 bits per heavy atom. The molecule has 0 bridgehead atoms. The van der Waals surface area contributed by atoms with Crippen LogP contribution in [-0.4, -0.2) is 81.8 Å². The zero-order valence-electron chi connectivity index (χ0n) is 18.7. The third kappa shape index (κ3) is 6.92. The number of halogens is 1. The Labute approximate surface area is 180 Å². The molecule has 1 aliphatic rings. The Morgan fingerprint density at radius 2 is 1.93 bits per heavy atom. The number of benzene rings is 1. The standard InChI is InChI=1S/C21H35FN4O3S/c1-17(2)29-13-14-30(27,28)26-11-9-25(10-12-26)20(23-5)24-16-21(3,4)18-7-6-8-19(22)15-18/h6-8,15,17H,9-14,16H2,1-5H3,(H,23,24). The first-order chi connectivity index (χ1) is 14.0. The van der Waals surface area contributed by atoms with E-state index in [4.69, 9.17) is 4.74 Å². The molecule has 1 aromatic carbocycles. The van der Waals surface area contributed by atoms with Gasteiger partial charge in [0.25, 0.3) is 0 Å². The molecule has 1 N–H and O–H groups in total. The van der Waals surface area contributed by atoms with E-state index < -0.39 is 10.0 Å². The van der Waals surface area contributed by atoms with Crippen molar-refractivity contribution in [2.24, 2.45) is 4.99 Å². The molecule has 0 atom stereocenters. The Kier molecular flexibility index (Phi) is 8.63. The van der Waals surface area contributed by atoms with Crippen molar-refractivity contribution in [3.05, 3.63) is 35.6 Å². The average Bonchev–Trinajstić information content (AvgIpc) is 2.68. The van der Waals surface area contributed by atoms with E-state index in [9.17, 15) is 12.8 Å². The fourth-order valence-corrected chi connectivity index (χ4v) is 4.62. The topological polar surface area (TPSA) is 74.2 Å². The second kappa shape index (κ2) is 10.5. The van der Waals surface area contributed by atoms with Crippen LogP contribution in [-0.2, 0) is 20.2 Å². The summed E-state index contributed by atoms with van der Waals surface area (Å²) in [5.74, 6) is 0.473. The van der Waals surface area contributed by atoms with Crippen molar-refractivity contribution in [1.82, 2.24) is 14.5 Å². The van der Waals surface area contributed by atoms with Gasteiger partial charge in [-0.15, -0.1) is 0 Å². The summed E-state index contributed by atoms with van der Waals surface area (Å²) < 4.78 is 45.5. The summed E-state index contributed by atoms with van der Waals surface area (Å²) >= 11 is 0. The van der Waals surface area contributed by atoms with E-state index in [-0.39, 0.29) is 29.7 Å². The number of ether oxygens (including phenoxy) is 1. The first-order valence-electron chi connectivity index (χ1n) is 10.4. The highest BCUT2D eigenvalue weighted by molar-refractivity contribution is 7.89. The number of nitrogens with one attached hydrogen (secondary N) is 1. The highest BCUT2D eigenvalue weighted by atomic mass is 32.2. The highest BCUT2D eigenvalue weighted by Crippen LogP contribution is 2.23. The van der Waals surface area contributed by atoms with Gasteiger partial charge in [0, 0.05) is 45.2 Å². The first kappa shape index (κ1) is 24.6. The number of rotatable bonds is 8. The summed E-state index contributed by atoms with van der Waals surface area (Å²) in [5, 5.41) is 3.36. The van der Waals surface area contributed by atoms with Gasteiger partial charge in [0.1, 0.15) is 5.82 Å². The molecule has 1 fully saturated rings. The summed E-state index contributed by atoms with van der Waals surface area (Å²) in [6, 6.07) is 6.62. The smallest absolute Gasteiger partial charge is 0.216 e. The molecule has 170 valence electrons. The summed E-state index contributed by atoms with van der Waals surface area (Å²) in [6.45, 7) is 10.6. The van der Waals surface area contributed by atoms with Gasteiger partial charge in [0.05, 0.1) is 18.5 Å². The molecule has 0 unspecified atom stereocenters. The Balaban J connectivity index is 1.89. The number of guanidine groups is 1. The van der Waals surface area contributed by atoms with E-state index in [1.807, 2.05) is 33.8 Å². The number of hydrogen-bond donors (Lipinski definition) is 1. The van der Waals surface area contributed by atoms with Gasteiger partial charge < -0.3 is 15.0 Å². The van der Waals surface area contributed by atoms with E-state index >= 15 is 0 Å². The van der Waals surface area contributed by atoms with Crippen LogP contribution < -0.4 is 5.32 Å². The maximum atomic E-state index is 13.6. The molecule has 0 aromatic heterocycles. The van der Waals surface area contributed by atoms with Crippen LogP contribution in [0.4, 0.5) is 4.39 Å². The van der Waals surface area contributed by atoms with Crippen LogP contribution in [0, 0.1) is 5.82 Å². The summed E-state index contributed by atoms with van der Waals surface area (Å²) in [4.78, 5) is 6.41. The molecular weight excluding hydrogens is 407 g/mol. The maximum Gasteiger partial charge on any atom is 0.216 e. The van der Waals surface area contributed by atoms with Gasteiger partial charge in [-0.1, -0.05) is 26.0 Å². The maximum absolute atomic E-state index is 13.6. The number of sulfonamides is 1. The first-order valence-corrected chi connectivity index (χ1v) is 12.0. The largest absolute Gasteiger partial charge is 0.378 e. The van der Waals surface area contributed by atoms with Crippen LogP contribution in [0.3, 0.4) is 0 Å². The van der Waals surface area contributed by atoms with Gasteiger partial charge in [0.2, 0.25) is 10.0 Å². The molecule has 1 heterocycles. The molecule has 1 aromatic rings. The molecule has 9 heteroatoms. The summed E-state index contributed by atoms with van der Waals surface area (Å²) in [6.07, 6.45) is 0.0167. The minimum atomic E-state index is -3.32. The SMILES string of the molecule is CN=C(NCC(C)(C)c1cccc(F)c1)N1CCN(S(=O)(=O)CCOC(C)C)CC1. The molecule has 30 heavy (non-hydrogen) atoms. The van der Waals surface area contributed by atoms with Gasteiger partial charge in [-0.2, -0.15) is 4.31 Å². The van der Waals surface area contributed by atoms with Gasteiger partial charge in [-0.25, -0.2) is 12.8 Å². The molecule has 0 amide bonds. The summed E-state index contributed by atoms with van der Waals surface area (Å²) in [5.41, 5.74) is 0.615. The van der Waals surface area contributed by atoms with Crippen molar-refractivity contribution < 1.29 is 17.5 Å². The minimum absolute atomic E-state index is 0.0000210. The van der Waals surface area contributed by atoms with E-state index in [0.29, 0.717) is 32.7 Å². The van der Waals surface area contributed by atoms with E-state index in [2.05, 4.69) is 15.2 Å². The predicted molar refractivity (Wildman–Crippen MR) is 119 cm³/mol. The fourth-order valence-electron chi connectivity index (χ4n) is 3.34. The molecule has 7 nitrogen and oxygen atoms in total. The van der Waals surface area contributed by atoms with Crippen molar-refractivity contribution >= 4 is 16.0 Å². The normalized spacial score (nSPS) is 16.9. The molecule has 1 saturated heterocycles. The average molecular weight is 443 g/mol. The lowest BCUT2D eigenvalue weighted by atomic mass is 9.84. The van der Waals surface area contributed by atoms with Gasteiger partial charge >= 0.3 is 0 Å². The number of hydrogen-bond acceptors (Lipinski definition) is 4. The Morgan fingerprint density at radius 1 is 1.27 bits per heavy atom. The zero-order valence-corrected chi connectivity index (χ0v) is 19.5. The van der Waals surface area contributed by atoms with Crippen LogP contribution in [0.1, 0.15) is 33.3 Å². The van der Waals surface area contributed by atoms with E-state index in [1.54, 1.807) is 19.2 Å². The number of piperazine rings is 1. The van der Waals surface area contributed by atoms with E-state index in [0.717, 1.165) is 11.5 Å². The van der Waals surface area contributed by atoms with Crippen LogP contribution in [0.2, 0.25) is 0 Å². The second-order valence-corrected chi connectivity index (χ2v) is 10.5. The third-order valence-corrected chi connectivity index (χ3v) is 7.06. The van der Waals surface area contributed by atoms with Crippen molar-refractivity contribution in [2.75, 3.05) is 52.1 Å². The van der Waals surface area contributed by atoms with Crippen LogP contribution in [0.5, 0.6) is 0 Å². The molecule has 0 saturated carbocycles. The molecule has 1 aliphatic heterocycles. The van der Waals surface area contributed by atoms with Crippen molar-refractivity contribution in [3.63, 3.8) is 0 Å². The third-order valence-electron chi connectivity index (χ3n) is 5.23. The van der Waals surface area contributed by atoms with Gasteiger partial charge in [-0.05, 0) is 31.5 Å². The minimum Gasteiger partial charge on any atom is -0.378 e. The van der Waals surface area contributed by atoms with Crippen LogP contribution >= 0.6 is 0 Å². The molecule has 0 radical (unpaired) electrons. The quantitative estimate of drug-likeness (QED) is 0.493. The predicted octanol–water partition coefficient (Wildman–Crippen LogP) is 2.05. The lowest BCUT2D eigenvalue weighted by molar-refractivity contribution is 0.0904. The van der Waals surface area contributed by atoms with Gasteiger partial charge in [-0.3, -0.25) is 4.99 Å².